The average molecular weight is 211 g/mol. The molecule has 2 rings (SSSR count). The van der Waals surface area contributed by atoms with E-state index in [0.29, 0.717) is 0 Å². The van der Waals surface area contributed by atoms with Gasteiger partial charge in [-0.25, -0.2) is 0 Å². The van der Waals surface area contributed by atoms with Gasteiger partial charge in [0.2, 0.25) is 0 Å². The highest BCUT2D eigenvalue weighted by atomic mass is 15.2. The minimum atomic E-state index is 0.817. The third-order valence-corrected chi connectivity index (χ3v) is 2.32. The minimum Gasteiger partial charge on any atom is -0.255 e. The van der Waals surface area contributed by atoms with Crippen LogP contribution >= 0.6 is 0 Å². The van der Waals surface area contributed by atoms with Gasteiger partial charge in [0, 0.05) is 6.20 Å². The molecule has 1 aromatic heterocycles. The number of pyridine rings is 1. The Bertz CT molecular complexity index is 467. The van der Waals surface area contributed by atoms with Gasteiger partial charge in [0.25, 0.3) is 0 Å². The van der Waals surface area contributed by atoms with E-state index < -0.39 is 0 Å². The van der Waals surface area contributed by atoms with Crippen molar-refractivity contribution >= 4 is 11.9 Å². The molecule has 3 heteroatoms. The number of hydrogen-bond donors (Lipinski definition) is 0. The van der Waals surface area contributed by atoms with Gasteiger partial charge in [0.05, 0.1) is 17.6 Å². The summed E-state index contributed by atoms with van der Waals surface area (Å²) in [7, 11) is 0. The number of rotatable bonds is 3. The van der Waals surface area contributed by atoms with Crippen molar-refractivity contribution in [2.45, 2.75) is 13.3 Å². The summed E-state index contributed by atoms with van der Waals surface area (Å²) < 4.78 is 0. The quantitative estimate of drug-likeness (QED) is 0.559. The van der Waals surface area contributed by atoms with Gasteiger partial charge in [-0.3, -0.25) is 4.98 Å². The second-order valence-electron chi connectivity index (χ2n) is 3.51. The van der Waals surface area contributed by atoms with Crippen molar-refractivity contribution < 1.29 is 0 Å². The van der Waals surface area contributed by atoms with E-state index >= 15 is 0 Å². The summed E-state index contributed by atoms with van der Waals surface area (Å²) in [6.07, 6.45) is 10.6. The number of aromatic nitrogens is 1. The first-order valence-electron chi connectivity index (χ1n) is 5.21. The van der Waals surface area contributed by atoms with Gasteiger partial charge < -0.3 is 0 Å². The molecule has 0 aromatic carbocycles. The van der Waals surface area contributed by atoms with Crippen LogP contribution in [0.25, 0.3) is 0 Å². The zero-order valence-corrected chi connectivity index (χ0v) is 9.17. The van der Waals surface area contributed by atoms with Crippen LogP contribution in [0.4, 0.5) is 0 Å². The maximum Gasteiger partial charge on any atom is 0.0831 e. The van der Waals surface area contributed by atoms with Gasteiger partial charge in [-0.05, 0) is 31.1 Å². The Morgan fingerprint density at radius 2 is 2.38 bits per heavy atom. The summed E-state index contributed by atoms with van der Waals surface area (Å²) in [5.74, 6) is 0. The zero-order chi connectivity index (χ0) is 11.2. The first-order valence-corrected chi connectivity index (χ1v) is 5.21. The van der Waals surface area contributed by atoms with Crippen molar-refractivity contribution in [1.29, 1.82) is 0 Å². The molecule has 0 amide bonds. The molecule has 1 aliphatic rings. The third kappa shape index (κ3) is 2.73. The molecular weight excluding hydrogens is 198 g/mol. The summed E-state index contributed by atoms with van der Waals surface area (Å²) in [6, 6.07) is 5.69. The standard InChI is InChI=1S/C13H13N3/c1-11(12-6-2-3-7-12)16-15-10-13-8-4-5-9-14-13/h2-6,8-10H,7H2,1H3. The van der Waals surface area contributed by atoms with Crippen LogP contribution in [-0.2, 0) is 0 Å². The fourth-order valence-corrected chi connectivity index (χ4v) is 1.41. The van der Waals surface area contributed by atoms with E-state index in [1.54, 1.807) is 12.4 Å². The molecule has 0 aliphatic heterocycles. The lowest BCUT2D eigenvalue weighted by atomic mass is 10.1. The fraction of sp³-hybridized carbons (Fsp3) is 0.154. The summed E-state index contributed by atoms with van der Waals surface area (Å²) >= 11 is 0. The van der Waals surface area contributed by atoms with E-state index in [9.17, 15) is 0 Å². The second-order valence-corrected chi connectivity index (χ2v) is 3.51. The van der Waals surface area contributed by atoms with Crippen LogP contribution in [0, 0.1) is 0 Å². The van der Waals surface area contributed by atoms with Crippen LogP contribution < -0.4 is 0 Å². The zero-order valence-electron chi connectivity index (χ0n) is 9.17. The minimum absolute atomic E-state index is 0.817. The number of hydrogen-bond acceptors (Lipinski definition) is 3. The molecular formula is C13H13N3. The van der Waals surface area contributed by atoms with Crippen LogP contribution in [0.2, 0.25) is 0 Å². The molecule has 16 heavy (non-hydrogen) atoms. The Hall–Kier alpha value is -2.03. The fourth-order valence-electron chi connectivity index (χ4n) is 1.41. The van der Waals surface area contributed by atoms with Crippen LogP contribution in [0.3, 0.4) is 0 Å². The number of nitrogens with zero attached hydrogens (tertiary/aromatic N) is 3. The van der Waals surface area contributed by atoms with E-state index in [2.05, 4.69) is 27.3 Å². The molecule has 3 nitrogen and oxygen atoms in total. The average Bonchev–Trinajstić information content (AvgIpc) is 2.84. The molecule has 0 fully saturated rings. The first-order chi connectivity index (χ1) is 7.86. The van der Waals surface area contributed by atoms with Crippen LogP contribution in [0.5, 0.6) is 0 Å². The maximum atomic E-state index is 4.14. The molecule has 0 radical (unpaired) electrons. The summed E-state index contributed by atoms with van der Waals surface area (Å²) in [6.45, 7) is 1.97. The highest BCUT2D eigenvalue weighted by Gasteiger charge is 2.01. The van der Waals surface area contributed by atoms with Crippen molar-refractivity contribution in [3.8, 4) is 0 Å². The van der Waals surface area contributed by atoms with Crippen LogP contribution in [-0.4, -0.2) is 16.9 Å². The van der Waals surface area contributed by atoms with Crippen LogP contribution in [0.1, 0.15) is 19.0 Å². The Kier molecular flexibility index (Phi) is 3.38. The monoisotopic (exact) mass is 211 g/mol. The molecule has 0 spiro atoms. The lowest BCUT2D eigenvalue weighted by molar-refractivity contribution is 1.20. The largest absolute Gasteiger partial charge is 0.255 e. The molecule has 0 N–H and O–H groups in total. The lowest BCUT2D eigenvalue weighted by Gasteiger charge is -1.96. The Morgan fingerprint density at radius 1 is 1.44 bits per heavy atom. The van der Waals surface area contributed by atoms with Gasteiger partial charge in [-0.15, -0.1) is 0 Å². The molecule has 0 bridgehead atoms. The van der Waals surface area contributed by atoms with Crippen molar-refractivity contribution in [2.24, 2.45) is 10.2 Å². The van der Waals surface area contributed by atoms with Gasteiger partial charge in [-0.1, -0.05) is 24.3 Å². The summed E-state index contributed by atoms with van der Waals surface area (Å²) in [5.41, 5.74) is 2.99. The smallest absolute Gasteiger partial charge is 0.0831 e. The van der Waals surface area contributed by atoms with Gasteiger partial charge >= 0.3 is 0 Å². The van der Waals surface area contributed by atoms with E-state index in [0.717, 1.165) is 17.8 Å². The molecule has 1 heterocycles. The summed E-state index contributed by atoms with van der Waals surface area (Å²) in [5, 5.41) is 8.16. The third-order valence-electron chi connectivity index (χ3n) is 2.32. The SMILES string of the molecule is CC(=NN=Cc1ccccn1)C1=CC=CC1. The molecule has 1 aromatic rings. The van der Waals surface area contributed by atoms with Crippen LogP contribution in [0.15, 0.2) is 58.4 Å². The lowest BCUT2D eigenvalue weighted by Crippen LogP contribution is -1.93. The Balaban J connectivity index is 2.01. The Morgan fingerprint density at radius 3 is 3.06 bits per heavy atom. The van der Waals surface area contributed by atoms with Gasteiger partial charge in [0.15, 0.2) is 0 Å². The normalized spacial score (nSPS) is 15.8. The van der Waals surface area contributed by atoms with Crippen molar-refractivity contribution in [3.63, 3.8) is 0 Å². The second kappa shape index (κ2) is 5.16. The molecule has 1 aliphatic carbocycles. The molecule has 0 atom stereocenters. The molecule has 0 saturated carbocycles. The van der Waals surface area contributed by atoms with E-state index in [1.807, 2.05) is 31.2 Å². The topological polar surface area (TPSA) is 37.6 Å². The summed E-state index contributed by atoms with van der Waals surface area (Å²) in [4.78, 5) is 4.13. The maximum absolute atomic E-state index is 4.14. The highest BCUT2D eigenvalue weighted by Crippen LogP contribution is 2.11. The Labute approximate surface area is 94.9 Å². The van der Waals surface area contributed by atoms with Crippen molar-refractivity contribution in [3.05, 3.63) is 53.9 Å². The predicted molar refractivity (Wildman–Crippen MR) is 66.8 cm³/mol. The van der Waals surface area contributed by atoms with Crippen molar-refractivity contribution in [1.82, 2.24) is 4.98 Å². The van der Waals surface area contributed by atoms with E-state index in [-0.39, 0.29) is 0 Å². The van der Waals surface area contributed by atoms with Gasteiger partial charge in [-0.2, -0.15) is 10.2 Å². The number of allylic oxidation sites excluding steroid dienone is 4. The molecule has 80 valence electrons. The molecule has 0 unspecified atom stereocenters. The highest BCUT2D eigenvalue weighted by molar-refractivity contribution is 5.99. The predicted octanol–water partition coefficient (Wildman–Crippen LogP) is 2.76. The first kappa shape index (κ1) is 10.5. The van der Waals surface area contributed by atoms with E-state index in [4.69, 9.17) is 0 Å². The van der Waals surface area contributed by atoms with Gasteiger partial charge in [0.1, 0.15) is 0 Å². The molecule has 0 saturated heterocycles. The van der Waals surface area contributed by atoms with E-state index in [1.165, 1.54) is 5.57 Å². The van der Waals surface area contributed by atoms with Crippen molar-refractivity contribution in [2.75, 3.05) is 0 Å².